The van der Waals surface area contributed by atoms with E-state index in [-0.39, 0.29) is 16.8 Å². The highest BCUT2D eigenvalue weighted by Crippen LogP contribution is 2.26. The molecule has 1 amide bonds. The van der Waals surface area contributed by atoms with Crippen LogP contribution in [0.5, 0.6) is 0 Å². The van der Waals surface area contributed by atoms with Crippen molar-refractivity contribution < 1.29 is 9.72 Å². The van der Waals surface area contributed by atoms with Gasteiger partial charge in [-0.05, 0) is 44.0 Å². The molecule has 0 saturated carbocycles. The molecule has 26 heavy (non-hydrogen) atoms. The van der Waals surface area contributed by atoms with Gasteiger partial charge in [0.05, 0.1) is 22.1 Å². The molecule has 8 heteroatoms. The number of amides is 1. The number of nitrogens with zero attached hydrogens (tertiary/aromatic N) is 3. The molecule has 1 aromatic heterocycles. The molecule has 1 aliphatic rings. The molecule has 2 heterocycles. The van der Waals surface area contributed by atoms with Gasteiger partial charge in [0.2, 0.25) is 5.91 Å². The summed E-state index contributed by atoms with van der Waals surface area (Å²) < 4.78 is 0. The van der Waals surface area contributed by atoms with Gasteiger partial charge in [0.15, 0.2) is 0 Å². The third kappa shape index (κ3) is 4.51. The predicted octanol–water partition coefficient (Wildman–Crippen LogP) is 3.71. The van der Waals surface area contributed by atoms with Crippen molar-refractivity contribution in [1.29, 1.82) is 0 Å². The van der Waals surface area contributed by atoms with Crippen molar-refractivity contribution in [1.82, 2.24) is 4.98 Å². The Kier molecular flexibility index (Phi) is 5.72. The first kappa shape index (κ1) is 18.2. The van der Waals surface area contributed by atoms with Crippen LogP contribution in [-0.2, 0) is 4.79 Å². The van der Waals surface area contributed by atoms with Crippen molar-refractivity contribution in [3.8, 4) is 0 Å². The lowest BCUT2D eigenvalue weighted by Crippen LogP contribution is -2.23. The molecular weight excluding hydrogens is 352 g/mol. The van der Waals surface area contributed by atoms with E-state index in [1.807, 2.05) is 12.1 Å². The van der Waals surface area contributed by atoms with E-state index in [1.54, 1.807) is 25.3 Å². The van der Waals surface area contributed by atoms with E-state index in [0.29, 0.717) is 5.69 Å². The molecule has 0 radical (unpaired) electrons. The average Bonchev–Trinajstić information content (AvgIpc) is 3.17. The summed E-state index contributed by atoms with van der Waals surface area (Å²) in [4.78, 5) is 30.1. The fourth-order valence-corrected chi connectivity index (χ4v) is 3.61. The zero-order chi connectivity index (χ0) is 18.5. The molecule has 2 aromatic rings. The van der Waals surface area contributed by atoms with Crippen molar-refractivity contribution >= 4 is 34.9 Å². The third-order valence-corrected chi connectivity index (χ3v) is 5.29. The molecule has 1 unspecified atom stereocenters. The maximum absolute atomic E-state index is 12.4. The minimum atomic E-state index is -0.441. The van der Waals surface area contributed by atoms with Crippen molar-refractivity contribution in [2.45, 2.75) is 29.9 Å². The maximum Gasteiger partial charge on any atom is 0.269 e. The number of carbonyl (C=O) groups excluding carboxylic acids is 1. The number of rotatable bonds is 6. The van der Waals surface area contributed by atoms with Crippen molar-refractivity contribution in [3.63, 3.8) is 0 Å². The Labute approximate surface area is 156 Å². The Balaban J connectivity index is 1.55. The highest BCUT2D eigenvalue weighted by Gasteiger charge is 2.17. The number of pyridine rings is 1. The molecule has 1 aliphatic heterocycles. The number of nitro groups is 1. The summed E-state index contributed by atoms with van der Waals surface area (Å²) in [7, 11) is 0. The van der Waals surface area contributed by atoms with E-state index in [4.69, 9.17) is 0 Å². The van der Waals surface area contributed by atoms with Gasteiger partial charge < -0.3 is 10.2 Å². The molecule has 1 N–H and O–H groups in total. The minimum Gasteiger partial charge on any atom is -0.357 e. The van der Waals surface area contributed by atoms with Crippen molar-refractivity contribution in [3.05, 3.63) is 52.7 Å². The lowest BCUT2D eigenvalue weighted by molar-refractivity contribution is -0.384. The predicted molar refractivity (Wildman–Crippen MR) is 103 cm³/mol. The number of carbonyl (C=O) groups is 1. The standard InChI is InChI=1S/C18H20N4O3S/c1-13(26-16-7-5-15(6-8-16)22(24)25)18(23)20-14-4-9-17(19-12-14)21-10-2-3-11-21/h4-9,12-13H,2-3,10-11H2,1H3,(H,20,23). The lowest BCUT2D eigenvalue weighted by atomic mass is 10.3. The Morgan fingerprint density at radius 2 is 1.92 bits per heavy atom. The Hall–Kier alpha value is -2.61. The molecule has 0 aliphatic carbocycles. The van der Waals surface area contributed by atoms with E-state index in [9.17, 15) is 14.9 Å². The molecule has 1 atom stereocenters. The van der Waals surface area contributed by atoms with Crippen LogP contribution in [0.3, 0.4) is 0 Å². The van der Waals surface area contributed by atoms with Gasteiger partial charge in [0.1, 0.15) is 5.82 Å². The molecule has 0 spiro atoms. The van der Waals surface area contributed by atoms with Gasteiger partial charge in [-0.25, -0.2) is 4.98 Å². The average molecular weight is 372 g/mol. The molecule has 1 fully saturated rings. The van der Waals surface area contributed by atoms with Gasteiger partial charge in [0, 0.05) is 30.1 Å². The Morgan fingerprint density at radius 1 is 1.23 bits per heavy atom. The highest BCUT2D eigenvalue weighted by molar-refractivity contribution is 8.00. The minimum absolute atomic E-state index is 0.0376. The summed E-state index contributed by atoms with van der Waals surface area (Å²) in [5.74, 6) is 0.804. The summed E-state index contributed by atoms with van der Waals surface area (Å²) in [6.45, 7) is 3.86. The lowest BCUT2D eigenvalue weighted by Gasteiger charge is -2.17. The van der Waals surface area contributed by atoms with E-state index in [0.717, 1.165) is 23.8 Å². The fraction of sp³-hybridized carbons (Fsp3) is 0.333. The number of thioether (sulfide) groups is 1. The SMILES string of the molecule is CC(Sc1ccc([N+](=O)[O-])cc1)C(=O)Nc1ccc(N2CCCC2)nc1. The number of aromatic nitrogens is 1. The van der Waals surface area contributed by atoms with Gasteiger partial charge in [-0.1, -0.05) is 0 Å². The van der Waals surface area contributed by atoms with Gasteiger partial charge in [0.25, 0.3) is 5.69 Å². The topological polar surface area (TPSA) is 88.4 Å². The molecule has 1 saturated heterocycles. The van der Waals surface area contributed by atoms with Crippen LogP contribution < -0.4 is 10.2 Å². The number of benzene rings is 1. The molecule has 136 valence electrons. The van der Waals surface area contributed by atoms with Crippen LogP contribution >= 0.6 is 11.8 Å². The molecular formula is C18H20N4O3S. The zero-order valence-corrected chi connectivity index (χ0v) is 15.2. The molecule has 1 aromatic carbocycles. The van der Waals surface area contributed by atoms with E-state index < -0.39 is 4.92 Å². The van der Waals surface area contributed by atoms with Gasteiger partial charge in [-0.15, -0.1) is 11.8 Å². The highest BCUT2D eigenvalue weighted by atomic mass is 32.2. The van der Waals surface area contributed by atoms with Crippen LogP contribution in [0.15, 0.2) is 47.5 Å². The monoisotopic (exact) mass is 372 g/mol. The van der Waals surface area contributed by atoms with Gasteiger partial charge >= 0.3 is 0 Å². The molecule has 3 rings (SSSR count). The van der Waals surface area contributed by atoms with Crippen LogP contribution in [0.25, 0.3) is 0 Å². The number of non-ortho nitro benzene ring substituents is 1. The first-order chi connectivity index (χ1) is 12.5. The number of hydrogen-bond donors (Lipinski definition) is 1. The molecule has 7 nitrogen and oxygen atoms in total. The number of hydrogen-bond acceptors (Lipinski definition) is 6. The Bertz CT molecular complexity index is 774. The second kappa shape index (κ2) is 8.18. The second-order valence-corrected chi connectivity index (χ2v) is 7.51. The van der Waals surface area contributed by atoms with Crippen LogP contribution in [0.4, 0.5) is 17.2 Å². The first-order valence-electron chi connectivity index (χ1n) is 8.46. The molecule has 0 bridgehead atoms. The largest absolute Gasteiger partial charge is 0.357 e. The Morgan fingerprint density at radius 3 is 2.50 bits per heavy atom. The smallest absolute Gasteiger partial charge is 0.269 e. The van der Waals surface area contributed by atoms with Crippen LogP contribution in [0.1, 0.15) is 19.8 Å². The maximum atomic E-state index is 12.4. The summed E-state index contributed by atoms with van der Waals surface area (Å²) in [5, 5.41) is 13.2. The van der Waals surface area contributed by atoms with E-state index in [2.05, 4.69) is 15.2 Å². The van der Waals surface area contributed by atoms with Gasteiger partial charge in [-0.3, -0.25) is 14.9 Å². The number of nitro benzene ring substituents is 1. The van der Waals surface area contributed by atoms with Crippen molar-refractivity contribution in [2.24, 2.45) is 0 Å². The summed E-state index contributed by atoms with van der Waals surface area (Å²) >= 11 is 1.35. The zero-order valence-electron chi connectivity index (χ0n) is 14.4. The van der Waals surface area contributed by atoms with E-state index in [1.165, 1.54) is 36.7 Å². The fourth-order valence-electron chi connectivity index (χ4n) is 2.74. The summed E-state index contributed by atoms with van der Waals surface area (Å²) in [5.41, 5.74) is 0.699. The van der Waals surface area contributed by atoms with Gasteiger partial charge in [-0.2, -0.15) is 0 Å². The van der Waals surface area contributed by atoms with E-state index >= 15 is 0 Å². The van der Waals surface area contributed by atoms with Crippen LogP contribution in [0.2, 0.25) is 0 Å². The normalized spacial score (nSPS) is 14.9. The number of nitrogens with one attached hydrogen (secondary N) is 1. The number of anilines is 2. The summed E-state index contributed by atoms with van der Waals surface area (Å²) in [6, 6.07) is 9.97. The van der Waals surface area contributed by atoms with Crippen LogP contribution in [-0.4, -0.2) is 34.2 Å². The van der Waals surface area contributed by atoms with Crippen molar-refractivity contribution in [2.75, 3.05) is 23.3 Å². The third-order valence-electron chi connectivity index (χ3n) is 4.18. The quantitative estimate of drug-likeness (QED) is 0.472. The summed E-state index contributed by atoms with van der Waals surface area (Å²) in [6.07, 6.45) is 4.06. The second-order valence-electron chi connectivity index (χ2n) is 6.10. The van der Waals surface area contributed by atoms with Crippen LogP contribution in [0, 0.1) is 10.1 Å². The first-order valence-corrected chi connectivity index (χ1v) is 9.34.